The Bertz CT molecular complexity index is 543. The van der Waals surface area contributed by atoms with Gasteiger partial charge in [0.15, 0.2) is 0 Å². The van der Waals surface area contributed by atoms with Crippen molar-refractivity contribution >= 4 is 23.2 Å². The number of aromatic nitrogens is 4. The summed E-state index contributed by atoms with van der Waals surface area (Å²) in [7, 11) is 3.37. The average Bonchev–Trinajstić information content (AvgIpc) is 2.74. The van der Waals surface area contributed by atoms with Crippen LogP contribution in [0.25, 0.3) is 0 Å². The summed E-state index contributed by atoms with van der Waals surface area (Å²) in [5.41, 5.74) is 8.43. The molecule has 2 N–H and O–H groups in total. The second-order valence-corrected chi connectivity index (χ2v) is 4.64. The first-order valence-corrected chi connectivity index (χ1v) is 6.13. The van der Waals surface area contributed by atoms with Crippen molar-refractivity contribution in [2.75, 3.05) is 24.8 Å². The lowest BCUT2D eigenvalue weighted by Crippen LogP contribution is -2.20. The Morgan fingerprint density at radius 1 is 1.39 bits per heavy atom. The number of methoxy groups -OCH3 is 1. The van der Waals surface area contributed by atoms with Crippen LogP contribution in [0, 0.1) is 6.92 Å². The third-order valence-electron chi connectivity index (χ3n) is 2.37. The zero-order valence-electron chi connectivity index (χ0n) is 10.4. The van der Waals surface area contributed by atoms with E-state index < -0.39 is 0 Å². The van der Waals surface area contributed by atoms with E-state index in [0.717, 1.165) is 10.6 Å². The van der Waals surface area contributed by atoms with Crippen LogP contribution in [-0.4, -0.2) is 34.1 Å². The Labute approximate surface area is 109 Å². The van der Waals surface area contributed by atoms with Crippen LogP contribution >= 0.6 is 11.3 Å². The predicted octanol–water partition coefficient (Wildman–Crippen LogP) is 0.864. The summed E-state index contributed by atoms with van der Waals surface area (Å²) >= 11 is 1.60. The first-order chi connectivity index (χ1) is 8.60. The molecule has 96 valence electrons. The molecule has 0 unspecified atom stereocenters. The first-order valence-electron chi connectivity index (χ1n) is 5.25. The summed E-state index contributed by atoms with van der Waals surface area (Å²) in [6.07, 6.45) is 0. The van der Waals surface area contributed by atoms with E-state index >= 15 is 0 Å². The molecule has 0 radical (unpaired) electrons. The second kappa shape index (κ2) is 5.13. The molecule has 0 bridgehead atoms. The Morgan fingerprint density at radius 2 is 2.17 bits per heavy atom. The zero-order valence-corrected chi connectivity index (χ0v) is 11.2. The maximum absolute atomic E-state index is 5.60. The number of anilines is 2. The molecule has 2 aromatic heterocycles. The maximum Gasteiger partial charge on any atom is 0.322 e. The minimum Gasteiger partial charge on any atom is -0.467 e. The van der Waals surface area contributed by atoms with Gasteiger partial charge in [-0.1, -0.05) is 0 Å². The molecule has 0 aliphatic heterocycles. The van der Waals surface area contributed by atoms with Gasteiger partial charge in [-0.2, -0.15) is 15.0 Å². The molecule has 0 aliphatic carbocycles. The van der Waals surface area contributed by atoms with Gasteiger partial charge in [-0.05, 0) is 6.92 Å². The number of thiazole rings is 1. The van der Waals surface area contributed by atoms with E-state index in [2.05, 4.69) is 19.9 Å². The predicted molar refractivity (Wildman–Crippen MR) is 69.7 cm³/mol. The highest BCUT2D eigenvalue weighted by atomic mass is 32.1. The molecule has 0 amide bonds. The average molecular weight is 266 g/mol. The standard InChI is InChI=1S/C10H14N6OS/c1-6-7(18-5-12-6)4-16(2)9-13-8(11)14-10(15-9)17-3/h5H,4H2,1-3H3,(H2,11,13,14,15). The van der Waals surface area contributed by atoms with Crippen LogP contribution in [0.4, 0.5) is 11.9 Å². The number of aryl methyl sites for hydroxylation is 1. The van der Waals surface area contributed by atoms with Crippen LogP contribution in [0.1, 0.15) is 10.6 Å². The highest BCUT2D eigenvalue weighted by Crippen LogP contribution is 2.18. The smallest absolute Gasteiger partial charge is 0.322 e. The molecule has 0 saturated heterocycles. The number of rotatable bonds is 4. The van der Waals surface area contributed by atoms with Gasteiger partial charge in [-0.3, -0.25) is 0 Å². The van der Waals surface area contributed by atoms with Crippen LogP contribution in [0.3, 0.4) is 0 Å². The molecule has 2 rings (SSSR count). The van der Waals surface area contributed by atoms with Crippen molar-refractivity contribution in [1.82, 2.24) is 19.9 Å². The van der Waals surface area contributed by atoms with Gasteiger partial charge in [0.1, 0.15) is 0 Å². The van der Waals surface area contributed by atoms with Crippen molar-refractivity contribution in [3.05, 3.63) is 16.1 Å². The van der Waals surface area contributed by atoms with Gasteiger partial charge in [0.2, 0.25) is 11.9 Å². The van der Waals surface area contributed by atoms with Crippen molar-refractivity contribution in [3.8, 4) is 6.01 Å². The largest absolute Gasteiger partial charge is 0.467 e. The van der Waals surface area contributed by atoms with E-state index in [1.165, 1.54) is 7.11 Å². The summed E-state index contributed by atoms with van der Waals surface area (Å²) in [6, 6.07) is 0.213. The minimum atomic E-state index is 0.143. The third-order valence-corrected chi connectivity index (χ3v) is 3.29. The Balaban J connectivity index is 2.20. The number of nitrogen functional groups attached to an aromatic ring is 1. The fourth-order valence-corrected chi connectivity index (χ4v) is 2.22. The Morgan fingerprint density at radius 3 is 2.78 bits per heavy atom. The van der Waals surface area contributed by atoms with E-state index in [4.69, 9.17) is 10.5 Å². The minimum absolute atomic E-state index is 0.143. The molecule has 2 heterocycles. The molecule has 0 saturated carbocycles. The van der Waals surface area contributed by atoms with Gasteiger partial charge in [0.25, 0.3) is 0 Å². The molecule has 0 aliphatic rings. The summed E-state index contributed by atoms with van der Waals surface area (Å²) in [5.74, 6) is 0.622. The molecular formula is C10H14N6OS. The van der Waals surface area contributed by atoms with Crippen LogP contribution in [0.5, 0.6) is 6.01 Å². The van der Waals surface area contributed by atoms with Crippen LogP contribution < -0.4 is 15.4 Å². The number of nitrogens with two attached hydrogens (primary N) is 1. The van der Waals surface area contributed by atoms with Gasteiger partial charge in [-0.25, -0.2) is 4.98 Å². The monoisotopic (exact) mass is 266 g/mol. The van der Waals surface area contributed by atoms with E-state index in [1.807, 2.05) is 24.4 Å². The van der Waals surface area contributed by atoms with Crippen molar-refractivity contribution in [2.24, 2.45) is 0 Å². The molecule has 0 fully saturated rings. The number of ether oxygens (including phenoxy) is 1. The first kappa shape index (κ1) is 12.5. The number of hydrogen-bond donors (Lipinski definition) is 1. The zero-order chi connectivity index (χ0) is 13.1. The molecule has 7 nitrogen and oxygen atoms in total. The molecule has 8 heteroatoms. The Hall–Kier alpha value is -1.96. The second-order valence-electron chi connectivity index (χ2n) is 3.70. The lowest BCUT2D eigenvalue weighted by Gasteiger charge is -2.16. The van der Waals surface area contributed by atoms with Gasteiger partial charge in [0.05, 0.1) is 24.9 Å². The molecule has 18 heavy (non-hydrogen) atoms. The summed E-state index contributed by atoms with van der Waals surface area (Å²) in [6.45, 7) is 2.64. The lowest BCUT2D eigenvalue weighted by molar-refractivity contribution is 0.379. The number of nitrogens with zero attached hydrogens (tertiary/aromatic N) is 5. The van der Waals surface area contributed by atoms with E-state index in [-0.39, 0.29) is 12.0 Å². The number of hydrogen-bond acceptors (Lipinski definition) is 8. The van der Waals surface area contributed by atoms with E-state index in [1.54, 1.807) is 11.3 Å². The fourth-order valence-electron chi connectivity index (χ4n) is 1.39. The van der Waals surface area contributed by atoms with E-state index in [9.17, 15) is 0 Å². The van der Waals surface area contributed by atoms with Crippen LogP contribution in [0.15, 0.2) is 5.51 Å². The molecule has 0 atom stereocenters. The third kappa shape index (κ3) is 2.65. The van der Waals surface area contributed by atoms with Gasteiger partial charge in [0, 0.05) is 11.9 Å². The SMILES string of the molecule is COc1nc(N)nc(N(C)Cc2scnc2C)n1. The van der Waals surface area contributed by atoms with Gasteiger partial charge in [-0.15, -0.1) is 11.3 Å². The lowest BCUT2D eigenvalue weighted by atomic mass is 10.4. The highest BCUT2D eigenvalue weighted by Gasteiger charge is 2.11. The van der Waals surface area contributed by atoms with Crippen molar-refractivity contribution in [3.63, 3.8) is 0 Å². The fraction of sp³-hybridized carbons (Fsp3) is 0.400. The highest BCUT2D eigenvalue weighted by molar-refractivity contribution is 7.09. The molecular weight excluding hydrogens is 252 g/mol. The summed E-state index contributed by atoms with van der Waals surface area (Å²) in [4.78, 5) is 19.3. The van der Waals surface area contributed by atoms with Crippen molar-refractivity contribution in [2.45, 2.75) is 13.5 Å². The quantitative estimate of drug-likeness (QED) is 0.877. The molecule has 0 spiro atoms. The molecule has 2 aromatic rings. The van der Waals surface area contributed by atoms with E-state index in [0.29, 0.717) is 12.5 Å². The topological polar surface area (TPSA) is 90.0 Å². The van der Waals surface area contributed by atoms with Gasteiger partial charge >= 0.3 is 6.01 Å². The Kier molecular flexibility index (Phi) is 3.56. The van der Waals surface area contributed by atoms with Gasteiger partial charge < -0.3 is 15.4 Å². The maximum atomic E-state index is 5.60. The summed E-state index contributed by atoms with van der Waals surface area (Å²) < 4.78 is 4.97. The molecule has 0 aromatic carbocycles. The van der Waals surface area contributed by atoms with Crippen molar-refractivity contribution < 1.29 is 4.74 Å². The summed E-state index contributed by atoms with van der Waals surface area (Å²) in [5, 5.41) is 0. The van der Waals surface area contributed by atoms with Crippen molar-refractivity contribution in [1.29, 1.82) is 0 Å². The van der Waals surface area contributed by atoms with Crippen LogP contribution in [-0.2, 0) is 6.54 Å². The van der Waals surface area contributed by atoms with Crippen LogP contribution in [0.2, 0.25) is 0 Å². The normalized spacial score (nSPS) is 10.4.